The molecule has 1 heterocycles. The number of nitrogens with one attached hydrogen (secondary N) is 2. The number of para-hydroxylation sites is 1. The maximum absolute atomic E-state index is 13.2. The van der Waals surface area contributed by atoms with Gasteiger partial charge in [0.1, 0.15) is 0 Å². The monoisotopic (exact) mass is 359 g/mol. The molecule has 1 saturated heterocycles. The van der Waals surface area contributed by atoms with Crippen LogP contribution < -0.4 is 10.6 Å². The summed E-state index contributed by atoms with van der Waals surface area (Å²) in [6.07, 6.45) is 1.02. The van der Waals surface area contributed by atoms with Crippen molar-refractivity contribution < 1.29 is 18.4 Å². The maximum atomic E-state index is 13.2. The molecule has 2 aromatic rings. The molecule has 0 radical (unpaired) electrons. The average molecular weight is 359 g/mol. The van der Waals surface area contributed by atoms with Gasteiger partial charge in [0.25, 0.3) is 0 Å². The zero-order chi connectivity index (χ0) is 18.5. The van der Waals surface area contributed by atoms with Crippen molar-refractivity contribution in [1.29, 1.82) is 0 Å². The number of rotatable bonds is 3. The summed E-state index contributed by atoms with van der Waals surface area (Å²) >= 11 is 0. The smallest absolute Gasteiger partial charge is 0.321 e. The van der Waals surface area contributed by atoms with Gasteiger partial charge in [-0.15, -0.1) is 0 Å². The van der Waals surface area contributed by atoms with Crippen molar-refractivity contribution in [3.8, 4) is 0 Å². The van der Waals surface area contributed by atoms with Crippen LogP contribution in [-0.2, 0) is 4.79 Å². The van der Waals surface area contributed by atoms with Crippen molar-refractivity contribution in [3.63, 3.8) is 0 Å². The number of urea groups is 1. The van der Waals surface area contributed by atoms with Gasteiger partial charge < -0.3 is 15.5 Å². The first-order chi connectivity index (χ1) is 12.5. The highest BCUT2D eigenvalue weighted by Gasteiger charge is 2.27. The highest BCUT2D eigenvalue weighted by Crippen LogP contribution is 2.21. The van der Waals surface area contributed by atoms with Gasteiger partial charge in [-0.25, -0.2) is 13.6 Å². The van der Waals surface area contributed by atoms with Crippen LogP contribution in [0, 0.1) is 17.6 Å². The number of piperidine rings is 1. The highest BCUT2D eigenvalue weighted by atomic mass is 19.2. The van der Waals surface area contributed by atoms with Gasteiger partial charge in [0.15, 0.2) is 11.6 Å². The van der Waals surface area contributed by atoms with Crippen LogP contribution in [0.3, 0.4) is 0 Å². The van der Waals surface area contributed by atoms with E-state index in [0.29, 0.717) is 25.9 Å². The molecular weight excluding hydrogens is 340 g/mol. The summed E-state index contributed by atoms with van der Waals surface area (Å²) in [6.45, 7) is 0.906. The van der Waals surface area contributed by atoms with Gasteiger partial charge in [-0.05, 0) is 37.1 Å². The first-order valence-electron chi connectivity index (χ1n) is 8.40. The molecule has 0 saturated carbocycles. The lowest BCUT2D eigenvalue weighted by atomic mass is 9.96. The van der Waals surface area contributed by atoms with Crippen LogP contribution in [0.25, 0.3) is 0 Å². The second-order valence-corrected chi connectivity index (χ2v) is 6.18. The molecule has 0 aromatic heterocycles. The normalized spacial score (nSPS) is 14.8. The minimum Gasteiger partial charge on any atom is -0.326 e. The molecule has 2 N–H and O–H groups in total. The summed E-state index contributed by atoms with van der Waals surface area (Å²) in [4.78, 5) is 26.2. The molecule has 7 heteroatoms. The Kier molecular flexibility index (Phi) is 5.46. The number of carbonyl (C=O) groups is 2. The molecule has 0 bridgehead atoms. The summed E-state index contributed by atoms with van der Waals surface area (Å²) < 4.78 is 26.1. The summed E-state index contributed by atoms with van der Waals surface area (Å²) in [5.74, 6) is -2.49. The number of nitrogens with zero attached hydrogens (tertiary/aromatic N) is 1. The van der Waals surface area contributed by atoms with Crippen molar-refractivity contribution in [3.05, 3.63) is 60.2 Å². The molecule has 0 unspecified atom stereocenters. The third-order valence-corrected chi connectivity index (χ3v) is 4.37. The van der Waals surface area contributed by atoms with Crippen molar-refractivity contribution in [2.24, 2.45) is 5.92 Å². The van der Waals surface area contributed by atoms with Crippen LogP contribution in [0.2, 0.25) is 0 Å². The minimum atomic E-state index is -1.00. The summed E-state index contributed by atoms with van der Waals surface area (Å²) in [5.41, 5.74) is 0.939. The second-order valence-electron chi connectivity index (χ2n) is 6.18. The van der Waals surface area contributed by atoms with Crippen LogP contribution in [0.5, 0.6) is 0 Å². The predicted octanol–water partition coefficient (Wildman–Crippen LogP) is 3.85. The molecule has 5 nitrogen and oxygen atoms in total. The Balaban J connectivity index is 1.50. The molecule has 3 amide bonds. The number of hydrogen-bond acceptors (Lipinski definition) is 2. The van der Waals surface area contributed by atoms with Gasteiger partial charge in [0.2, 0.25) is 5.91 Å². The number of anilines is 2. The van der Waals surface area contributed by atoms with E-state index in [9.17, 15) is 18.4 Å². The Morgan fingerprint density at radius 2 is 1.58 bits per heavy atom. The number of benzene rings is 2. The van der Waals surface area contributed by atoms with Crippen molar-refractivity contribution >= 4 is 23.3 Å². The molecule has 1 aliphatic rings. The number of hydrogen-bond donors (Lipinski definition) is 2. The lowest BCUT2D eigenvalue weighted by Gasteiger charge is -2.31. The Hall–Kier alpha value is -2.96. The van der Waals surface area contributed by atoms with Gasteiger partial charge >= 0.3 is 6.03 Å². The number of likely N-dealkylation sites (tertiary alicyclic amines) is 1. The Labute approximate surface area is 150 Å². The van der Waals surface area contributed by atoms with E-state index in [1.807, 2.05) is 18.2 Å². The van der Waals surface area contributed by atoms with E-state index in [0.717, 1.165) is 17.8 Å². The van der Waals surface area contributed by atoms with Crippen molar-refractivity contribution in [2.75, 3.05) is 23.7 Å². The SMILES string of the molecule is O=C(Nc1ccc(F)c(F)c1)C1CCN(C(=O)Nc2ccccc2)CC1. The van der Waals surface area contributed by atoms with E-state index in [2.05, 4.69) is 10.6 Å². The molecule has 1 aliphatic heterocycles. The largest absolute Gasteiger partial charge is 0.326 e. The topological polar surface area (TPSA) is 61.4 Å². The lowest BCUT2D eigenvalue weighted by Crippen LogP contribution is -2.43. The van der Waals surface area contributed by atoms with Gasteiger partial charge in [-0.2, -0.15) is 0 Å². The molecule has 26 heavy (non-hydrogen) atoms. The molecule has 3 rings (SSSR count). The van der Waals surface area contributed by atoms with E-state index in [4.69, 9.17) is 0 Å². The Morgan fingerprint density at radius 1 is 0.885 bits per heavy atom. The fraction of sp³-hybridized carbons (Fsp3) is 0.263. The first kappa shape index (κ1) is 17.8. The third kappa shape index (κ3) is 4.36. The zero-order valence-electron chi connectivity index (χ0n) is 14.0. The first-order valence-corrected chi connectivity index (χ1v) is 8.40. The number of carbonyl (C=O) groups excluding carboxylic acids is 2. The standard InChI is InChI=1S/C19H19F2N3O2/c20-16-7-6-15(12-17(16)21)22-18(25)13-8-10-24(11-9-13)19(26)23-14-4-2-1-3-5-14/h1-7,12-13H,8-11H2,(H,22,25)(H,23,26). The summed E-state index contributed by atoms with van der Waals surface area (Å²) in [7, 11) is 0. The fourth-order valence-electron chi connectivity index (χ4n) is 2.89. The van der Waals surface area contributed by atoms with E-state index in [1.54, 1.807) is 17.0 Å². The highest BCUT2D eigenvalue weighted by molar-refractivity contribution is 5.93. The van der Waals surface area contributed by atoms with Crippen LogP contribution in [0.1, 0.15) is 12.8 Å². The van der Waals surface area contributed by atoms with E-state index < -0.39 is 11.6 Å². The second kappa shape index (κ2) is 7.95. The summed E-state index contributed by atoms with van der Waals surface area (Å²) in [5, 5.41) is 5.42. The molecule has 0 atom stereocenters. The number of halogens is 2. The molecule has 136 valence electrons. The molecule has 0 spiro atoms. The van der Waals surface area contributed by atoms with E-state index in [1.165, 1.54) is 6.07 Å². The molecule has 1 fully saturated rings. The fourth-order valence-corrected chi connectivity index (χ4v) is 2.89. The van der Waals surface area contributed by atoms with E-state index in [-0.39, 0.29) is 23.5 Å². The third-order valence-electron chi connectivity index (χ3n) is 4.37. The predicted molar refractivity (Wildman–Crippen MR) is 94.7 cm³/mol. The quantitative estimate of drug-likeness (QED) is 0.874. The minimum absolute atomic E-state index is 0.198. The van der Waals surface area contributed by atoms with Gasteiger partial charge in [-0.3, -0.25) is 4.79 Å². The van der Waals surface area contributed by atoms with Gasteiger partial charge in [0, 0.05) is 36.4 Å². The van der Waals surface area contributed by atoms with Crippen molar-refractivity contribution in [1.82, 2.24) is 4.90 Å². The van der Waals surface area contributed by atoms with Crippen LogP contribution in [0.15, 0.2) is 48.5 Å². The number of amides is 3. The molecular formula is C19H19F2N3O2. The maximum Gasteiger partial charge on any atom is 0.321 e. The van der Waals surface area contributed by atoms with Crippen molar-refractivity contribution in [2.45, 2.75) is 12.8 Å². The van der Waals surface area contributed by atoms with Gasteiger partial charge in [-0.1, -0.05) is 18.2 Å². The van der Waals surface area contributed by atoms with Crippen LogP contribution >= 0.6 is 0 Å². The Morgan fingerprint density at radius 3 is 2.23 bits per heavy atom. The average Bonchev–Trinajstić information content (AvgIpc) is 2.65. The molecule has 2 aromatic carbocycles. The lowest BCUT2D eigenvalue weighted by molar-refractivity contribution is -0.121. The Bertz CT molecular complexity index is 791. The zero-order valence-corrected chi connectivity index (χ0v) is 14.0. The van der Waals surface area contributed by atoms with Crippen LogP contribution in [0.4, 0.5) is 25.0 Å². The van der Waals surface area contributed by atoms with Crippen LogP contribution in [-0.4, -0.2) is 29.9 Å². The molecule has 0 aliphatic carbocycles. The van der Waals surface area contributed by atoms with E-state index >= 15 is 0 Å². The van der Waals surface area contributed by atoms with Gasteiger partial charge in [0.05, 0.1) is 0 Å². The summed E-state index contributed by atoms with van der Waals surface area (Å²) in [6, 6.07) is 12.2.